The fourth-order valence-corrected chi connectivity index (χ4v) is 2.17. The van der Waals surface area contributed by atoms with Gasteiger partial charge in [0, 0.05) is 30.5 Å². The van der Waals surface area contributed by atoms with E-state index in [9.17, 15) is 4.79 Å². The highest BCUT2D eigenvalue weighted by molar-refractivity contribution is 6.08. The van der Waals surface area contributed by atoms with Crippen LogP contribution in [0.5, 0.6) is 0 Å². The highest BCUT2D eigenvalue weighted by atomic mass is 16.1. The number of nitrogens with two attached hydrogens (primary N) is 1. The molecule has 104 valence electrons. The van der Waals surface area contributed by atoms with Crippen LogP contribution >= 0.6 is 0 Å². The van der Waals surface area contributed by atoms with Crippen molar-refractivity contribution in [1.82, 2.24) is 15.3 Å². The van der Waals surface area contributed by atoms with Gasteiger partial charge < -0.3 is 11.1 Å². The Labute approximate surface area is 121 Å². The minimum Gasteiger partial charge on any atom is -0.383 e. The highest BCUT2D eigenvalue weighted by Crippen LogP contribution is 2.22. The summed E-state index contributed by atoms with van der Waals surface area (Å²) in [6.45, 7) is 0.445. The van der Waals surface area contributed by atoms with Crippen LogP contribution in [-0.2, 0) is 6.54 Å². The number of carbonyl (C=O) groups is 1. The number of nitrogens with one attached hydrogen (secondary N) is 1. The predicted molar refractivity (Wildman–Crippen MR) is 81.6 cm³/mol. The van der Waals surface area contributed by atoms with E-state index < -0.39 is 0 Å². The van der Waals surface area contributed by atoms with Gasteiger partial charge in [0.05, 0.1) is 5.56 Å². The van der Waals surface area contributed by atoms with E-state index in [0.717, 1.165) is 16.3 Å². The molecule has 0 atom stereocenters. The van der Waals surface area contributed by atoms with Gasteiger partial charge >= 0.3 is 0 Å². The van der Waals surface area contributed by atoms with Gasteiger partial charge in [-0.3, -0.25) is 9.78 Å². The number of pyridine rings is 2. The molecule has 1 amide bonds. The number of benzene rings is 1. The van der Waals surface area contributed by atoms with Crippen LogP contribution in [0.3, 0.4) is 0 Å². The molecule has 2 heterocycles. The molecule has 5 nitrogen and oxygen atoms in total. The molecule has 3 aromatic rings. The maximum absolute atomic E-state index is 12.3. The topological polar surface area (TPSA) is 80.9 Å². The first-order valence-corrected chi connectivity index (χ1v) is 6.56. The Kier molecular flexibility index (Phi) is 3.47. The van der Waals surface area contributed by atoms with Crippen molar-refractivity contribution in [2.75, 3.05) is 5.73 Å². The summed E-state index contributed by atoms with van der Waals surface area (Å²) in [4.78, 5) is 20.4. The molecule has 3 rings (SSSR count). The van der Waals surface area contributed by atoms with Crippen LogP contribution < -0.4 is 11.1 Å². The third-order valence-electron chi connectivity index (χ3n) is 3.27. The fraction of sp³-hybridized carbons (Fsp3) is 0.0625. The lowest BCUT2D eigenvalue weighted by Crippen LogP contribution is -2.23. The largest absolute Gasteiger partial charge is 0.383 e. The molecule has 0 aliphatic rings. The second kappa shape index (κ2) is 5.58. The molecule has 5 heteroatoms. The Morgan fingerprint density at radius 2 is 1.81 bits per heavy atom. The molecule has 0 saturated carbocycles. The Balaban J connectivity index is 1.87. The molecule has 21 heavy (non-hydrogen) atoms. The number of aromatic nitrogens is 2. The lowest BCUT2D eigenvalue weighted by atomic mass is 10.1. The maximum atomic E-state index is 12.3. The normalized spacial score (nSPS) is 10.5. The Morgan fingerprint density at radius 3 is 2.57 bits per heavy atom. The SMILES string of the molecule is Nc1ncc(C(=O)NCc2ccncc2)c2ccccc12. The molecule has 0 aliphatic heterocycles. The second-order valence-corrected chi connectivity index (χ2v) is 4.64. The molecule has 0 aliphatic carbocycles. The molecule has 0 spiro atoms. The summed E-state index contributed by atoms with van der Waals surface area (Å²) in [6, 6.07) is 11.2. The minimum absolute atomic E-state index is 0.171. The van der Waals surface area contributed by atoms with Gasteiger partial charge in [0.2, 0.25) is 0 Å². The molecule has 0 fully saturated rings. The highest BCUT2D eigenvalue weighted by Gasteiger charge is 2.11. The Bertz CT molecular complexity index is 787. The van der Waals surface area contributed by atoms with Crippen molar-refractivity contribution in [2.24, 2.45) is 0 Å². The van der Waals surface area contributed by atoms with Gasteiger partial charge in [-0.2, -0.15) is 0 Å². The number of hydrogen-bond donors (Lipinski definition) is 2. The lowest BCUT2D eigenvalue weighted by molar-refractivity contribution is 0.0952. The zero-order valence-electron chi connectivity index (χ0n) is 11.3. The summed E-state index contributed by atoms with van der Waals surface area (Å²) in [6.07, 6.45) is 4.91. The van der Waals surface area contributed by atoms with Gasteiger partial charge in [-0.25, -0.2) is 4.98 Å². The molecular weight excluding hydrogens is 264 g/mol. The number of nitrogens with zero attached hydrogens (tertiary/aromatic N) is 2. The van der Waals surface area contributed by atoms with E-state index in [2.05, 4.69) is 15.3 Å². The molecule has 2 aromatic heterocycles. The molecular formula is C16H14N4O. The monoisotopic (exact) mass is 278 g/mol. The minimum atomic E-state index is -0.171. The van der Waals surface area contributed by atoms with Crippen LogP contribution in [0.2, 0.25) is 0 Å². The van der Waals surface area contributed by atoms with Crippen molar-refractivity contribution in [1.29, 1.82) is 0 Å². The van der Waals surface area contributed by atoms with Gasteiger partial charge in [-0.1, -0.05) is 24.3 Å². The van der Waals surface area contributed by atoms with Crippen LogP contribution in [0, 0.1) is 0 Å². The van der Waals surface area contributed by atoms with Crippen LogP contribution in [0.25, 0.3) is 10.8 Å². The number of carbonyl (C=O) groups excluding carboxylic acids is 1. The summed E-state index contributed by atoms with van der Waals surface area (Å²) in [7, 11) is 0. The zero-order valence-corrected chi connectivity index (χ0v) is 11.3. The number of nitrogen functional groups attached to an aromatic ring is 1. The van der Waals surface area contributed by atoms with Crippen molar-refractivity contribution in [3.8, 4) is 0 Å². The third kappa shape index (κ3) is 2.67. The second-order valence-electron chi connectivity index (χ2n) is 4.64. The van der Waals surface area contributed by atoms with E-state index in [1.807, 2.05) is 36.4 Å². The molecule has 0 unspecified atom stereocenters. The van der Waals surface area contributed by atoms with Crippen LogP contribution in [-0.4, -0.2) is 15.9 Å². The van der Waals surface area contributed by atoms with E-state index in [1.54, 1.807) is 12.4 Å². The van der Waals surface area contributed by atoms with Crippen LogP contribution in [0.4, 0.5) is 5.82 Å². The van der Waals surface area contributed by atoms with Crippen LogP contribution in [0.1, 0.15) is 15.9 Å². The number of anilines is 1. The van der Waals surface area contributed by atoms with Crippen molar-refractivity contribution < 1.29 is 4.79 Å². The van der Waals surface area contributed by atoms with Gasteiger partial charge in [0.25, 0.3) is 5.91 Å². The Morgan fingerprint density at radius 1 is 1.10 bits per heavy atom. The van der Waals surface area contributed by atoms with Gasteiger partial charge in [0.1, 0.15) is 5.82 Å². The standard InChI is InChI=1S/C16H14N4O/c17-15-13-4-2-1-3-12(13)14(10-19-15)16(21)20-9-11-5-7-18-8-6-11/h1-8,10H,9H2,(H2,17,19)(H,20,21). The van der Waals surface area contributed by atoms with Gasteiger partial charge in [-0.15, -0.1) is 0 Å². The predicted octanol–water partition coefficient (Wildman–Crippen LogP) is 2.14. The molecule has 1 aromatic carbocycles. The average Bonchev–Trinajstić information content (AvgIpc) is 2.54. The Hall–Kier alpha value is -2.95. The average molecular weight is 278 g/mol. The first-order chi connectivity index (χ1) is 10.3. The van der Waals surface area contributed by atoms with Crippen LogP contribution in [0.15, 0.2) is 55.0 Å². The van der Waals surface area contributed by atoms with Gasteiger partial charge in [-0.05, 0) is 23.1 Å². The van der Waals surface area contributed by atoms with Crippen molar-refractivity contribution in [2.45, 2.75) is 6.54 Å². The van der Waals surface area contributed by atoms with E-state index in [4.69, 9.17) is 5.73 Å². The first kappa shape index (κ1) is 13.1. The summed E-state index contributed by atoms with van der Waals surface area (Å²) in [5, 5.41) is 4.47. The molecule has 0 saturated heterocycles. The lowest BCUT2D eigenvalue weighted by Gasteiger charge is -2.09. The summed E-state index contributed by atoms with van der Waals surface area (Å²) >= 11 is 0. The molecule has 3 N–H and O–H groups in total. The third-order valence-corrected chi connectivity index (χ3v) is 3.27. The molecule has 0 bridgehead atoms. The summed E-state index contributed by atoms with van der Waals surface area (Å²) in [5.41, 5.74) is 7.35. The summed E-state index contributed by atoms with van der Waals surface area (Å²) < 4.78 is 0. The van der Waals surface area contributed by atoms with Gasteiger partial charge in [0.15, 0.2) is 0 Å². The van der Waals surface area contributed by atoms with E-state index in [-0.39, 0.29) is 5.91 Å². The number of rotatable bonds is 3. The zero-order chi connectivity index (χ0) is 14.7. The van der Waals surface area contributed by atoms with E-state index >= 15 is 0 Å². The van der Waals surface area contributed by atoms with Crippen molar-refractivity contribution in [3.05, 3.63) is 66.1 Å². The van der Waals surface area contributed by atoms with E-state index in [0.29, 0.717) is 17.9 Å². The number of amides is 1. The summed E-state index contributed by atoms with van der Waals surface area (Å²) in [5.74, 6) is 0.256. The maximum Gasteiger partial charge on any atom is 0.253 e. The van der Waals surface area contributed by atoms with E-state index in [1.165, 1.54) is 6.20 Å². The number of fused-ring (bicyclic) bond motifs is 1. The van der Waals surface area contributed by atoms with Crippen molar-refractivity contribution >= 4 is 22.5 Å². The first-order valence-electron chi connectivity index (χ1n) is 6.56. The smallest absolute Gasteiger partial charge is 0.253 e. The van der Waals surface area contributed by atoms with Crippen molar-refractivity contribution in [3.63, 3.8) is 0 Å². The quantitative estimate of drug-likeness (QED) is 0.769. The molecule has 0 radical (unpaired) electrons. The number of hydrogen-bond acceptors (Lipinski definition) is 4. The fourth-order valence-electron chi connectivity index (χ4n) is 2.17.